The van der Waals surface area contributed by atoms with Crippen molar-refractivity contribution in [3.05, 3.63) is 23.8 Å². The number of piperidine rings is 1. The molecule has 2 heterocycles. The fraction of sp³-hybridized carbons (Fsp3) is 0.636. The Morgan fingerprint density at radius 2 is 1.77 bits per heavy atom. The van der Waals surface area contributed by atoms with Crippen LogP contribution in [0.2, 0.25) is 0 Å². The van der Waals surface area contributed by atoms with Gasteiger partial charge in [0.1, 0.15) is 0 Å². The predicted molar refractivity (Wildman–Crippen MR) is 115 cm³/mol. The van der Waals surface area contributed by atoms with Crippen LogP contribution in [-0.2, 0) is 14.6 Å². The van der Waals surface area contributed by atoms with Crippen molar-refractivity contribution >= 4 is 33.0 Å². The summed E-state index contributed by atoms with van der Waals surface area (Å²) < 4.78 is 23.5. The third-order valence-corrected chi connectivity index (χ3v) is 8.64. The van der Waals surface area contributed by atoms with Crippen molar-refractivity contribution in [2.75, 3.05) is 47.9 Å². The molecule has 2 aliphatic carbocycles. The number of anilines is 2. The molecule has 1 aromatic rings. The first-order valence-electron chi connectivity index (χ1n) is 11.0. The van der Waals surface area contributed by atoms with Crippen molar-refractivity contribution in [2.45, 2.75) is 38.5 Å². The van der Waals surface area contributed by atoms with E-state index in [1.807, 2.05) is 6.07 Å². The number of hydrogen-bond donors (Lipinski definition) is 1. The summed E-state index contributed by atoms with van der Waals surface area (Å²) in [6.45, 7) is 2.33. The minimum absolute atomic E-state index is 0.0242. The monoisotopic (exact) mass is 431 g/mol. The summed E-state index contributed by atoms with van der Waals surface area (Å²) in [5.74, 6) is 0.107. The van der Waals surface area contributed by atoms with Gasteiger partial charge in [0.05, 0.1) is 22.8 Å². The first kappa shape index (κ1) is 19.8. The second kappa shape index (κ2) is 7.25. The maximum Gasteiger partial charge on any atom is 0.256 e. The topological polar surface area (TPSA) is 86.8 Å². The van der Waals surface area contributed by atoms with Crippen molar-refractivity contribution in [2.24, 2.45) is 11.3 Å². The Labute approximate surface area is 177 Å². The van der Waals surface area contributed by atoms with Gasteiger partial charge in [0.2, 0.25) is 5.91 Å². The summed E-state index contributed by atoms with van der Waals surface area (Å²) in [7, 11) is -3.04. The fourth-order valence-electron chi connectivity index (χ4n) is 4.73. The van der Waals surface area contributed by atoms with E-state index in [4.69, 9.17) is 0 Å². The lowest BCUT2D eigenvalue weighted by molar-refractivity contribution is -0.117. The third kappa shape index (κ3) is 4.06. The molecule has 0 atom stereocenters. The van der Waals surface area contributed by atoms with Crippen molar-refractivity contribution in [3.8, 4) is 0 Å². The summed E-state index contributed by atoms with van der Waals surface area (Å²) >= 11 is 0. The molecule has 7 nitrogen and oxygen atoms in total. The summed E-state index contributed by atoms with van der Waals surface area (Å²) in [5.41, 5.74) is 2.60. The number of benzene rings is 1. The zero-order valence-corrected chi connectivity index (χ0v) is 18.0. The molecule has 1 aromatic carbocycles. The molecule has 1 N–H and O–H groups in total. The number of nitrogens with one attached hydrogen (secondary N) is 1. The van der Waals surface area contributed by atoms with Crippen molar-refractivity contribution in [1.29, 1.82) is 0 Å². The molecule has 0 bridgehead atoms. The highest BCUT2D eigenvalue weighted by Crippen LogP contribution is 2.53. The van der Waals surface area contributed by atoms with Gasteiger partial charge in [-0.25, -0.2) is 8.42 Å². The fourth-order valence-corrected chi connectivity index (χ4v) is 5.93. The van der Waals surface area contributed by atoms with Crippen molar-refractivity contribution < 1.29 is 18.0 Å². The molecule has 0 aromatic heterocycles. The highest BCUT2D eigenvalue weighted by molar-refractivity contribution is 7.91. The maximum atomic E-state index is 13.3. The smallest absolute Gasteiger partial charge is 0.256 e. The second-order valence-corrected chi connectivity index (χ2v) is 11.8. The van der Waals surface area contributed by atoms with Gasteiger partial charge in [-0.3, -0.25) is 9.59 Å². The van der Waals surface area contributed by atoms with Gasteiger partial charge in [-0.2, -0.15) is 0 Å². The maximum absolute atomic E-state index is 13.3. The Morgan fingerprint density at radius 1 is 1.03 bits per heavy atom. The van der Waals surface area contributed by atoms with Gasteiger partial charge in [0.25, 0.3) is 5.91 Å². The molecule has 2 aliphatic heterocycles. The number of carbonyl (C=O) groups excluding carboxylic acids is 2. The van der Waals surface area contributed by atoms with Crippen LogP contribution >= 0.6 is 0 Å². The van der Waals surface area contributed by atoms with Crippen LogP contribution in [0.25, 0.3) is 0 Å². The van der Waals surface area contributed by atoms with Crippen LogP contribution in [0.1, 0.15) is 48.9 Å². The van der Waals surface area contributed by atoms with E-state index in [1.165, 1.54) is 19.3 Å². The quantitative estimate of drug-likeness (QED) is 0.790. The van der Waals surface area contributed by atoms with Gasteiger partial charge in [-0.15, -0.1) is 0 Å². The molecule has 2 saturated heterocycles. The Bertz CT molecular complexity index is 968. The largest absolute Gasteiger partial charge is 0.370 e. The molecule has 2 amide bonds. The van der Waals surface area contributed by atoms with Gasteiger partial charge in [-0.1, -0.05) is 0 Å². The van der Waals surface area contributed by atoms with Crippen LogP contribution < -0.4 is 10.2 Å². The van der Waals surface area contributed by atoms with Crippen LogP contribution in [0.4, 0.5) is 11.4 Å². The van der Waals surface area contributed by atoms with E-state index in [0.717, 1.165) is 43.7 Å². The zero-order valence-electron chi connectivity index (χ0n) is 17.2. The lowest BCUT2D eigenvalue weighted by Gasteiger charge is -2.37. The number of rotatable bonds is 4. The van der Waals surface area contributed by atoms with E-state index in [9.17, 15) is 18.0 Å². The van der Waals surface area contributed by atoms with Crippen LogP contribution in [0.15, 0.2) is 18.2 Å². The number of nitrogens with zero attached hydrogens (tertiary/aromatic N) is 2. The van der Waals surface area contributed by atoms with Crippen LogP contribution in [0, 0.1) is 11.3 Å². The van der Waals surface area contributed by atoms with E-state index < -0.39 is 9.84 Å². The lowest BCUT2D eigenvalue weighted by atomic mass is 9.94. The zero-order chi connectivity index (χ0) is 20.9. The molecule has 0 radical (unpaired) electrons. The summed E-state index contributed by atoms with van der Waals surface area (Å²) in [4.78, 5) is 29.5. The average Bonchev–Trinajstić information content (AvgIpc) is 3.65. The molecular formula is C22H29N3O4S. The molecule has 4 fully saturated rings. The average molecular weight is 432 g/mol. The van der Waals surface area contributed by atoms with E-state index in [0.29, 0.717) is 11.0 Å². The van der Waals surface area contributed by atoms with Gasteiger partial charge in [0, 0.05) is 37.8 Å². The standard InChI is InChI=1S/C22H29N3O4S/c26-20(16-2-3-16)23-17-4-5-18(21(27)24-10-12-30(28,29)13-11-24)19(14-17)25-9-1-6-22(15-25)7-8-22/h4-5,14,16H,1-3,6-13,15H2,(H,23,26). The molecule has 1 spiro atoms. The minimum Gasteiger partial charge on any atom is -0.370 e. The predicted octanol–water partition coefficient (Wildman–Crippen LogP) is 2.29. The van der Waals surface area contributed by atoms with E-state index in [2.05, 4.69) is 10.2 Å². The van der Waals surface area contributed by atoms with E-state index in [1.54, 1.807) is 17.0 Å². The number of amides is 2. The molecular weight excluding hydrogens is 402 g/mol. The van der Waals surface area contributed by atoms with Crippen molar-refractivity contribution in [3.63, 3.8) is 0 Å². The summed E-state index contributed by atoms with van der Waals surface area (Å²) in [6.07, 6.45) is 6.73. The highest BCUT2D eigenvalue weighted by Gasteiger charge is 2.46. The van der Waals surface area contributed by atoms with Gasteiger partial charge in [0.15, 0.2) is 9.84 Å². The van der Waals surface area contributed by atoms with E-state index >= 15 is 0 Å². The molecule has 30 heavy (non-hydrogen) atoms. The second-order valence-electron chi connectivity index (χ2n) is 9.46. The molecule has 0 unspecified atom stereocenters. The molecule has 8 heteroatoms. The molecule has 5 rings (SSSR count). The Balaban J connectivity index is 1.43. The first-order valence-corrected chi connectivity index (χ1v) is 12.9. The van der Waals surface area contributed by atoms with E-state index in [-0.39, 0.29) is 42.3 Å². The Morgan fingerprint density at radius 3 is 2.43 bits per heavy atom. The first-order chi connectivity index (χ1) is 14.3. The third-order valence-electron chi connectivity index (χ3n) is 7.03. The van der Waals surface area contributed by atoms with Crippen LogP contribution in [0.5, 0.6) is 0 Å². The minimum atomic E-state index is -3.04. The number of sulfone groups is 1. The van der Waals surface area contributed by atoms with Gasteiger partial charge in [-0.05, 0) is 62.1 Å². The number of carbonyl (C=O) groups is 2. The SMILES string of the molecule is O=C(Nc1ccc(C(=O)N2CCS(=O)(=O)CC2)c(N2CCCC3(CC3)C2)c1)C1CC1. The summed E-state index contributed by atoms with van der Waals surface area (Å²) in [5, 5.41) is 3.01. The Hall–Kier alpha value is -2.09. The molecule has 4 aliphatic rings. The van der Waals surface area contributed by atoms with Crippen LogP contribution in [-0.4, -0.2) is 62.8 Å². The highest BCUT2D eigenvalue weighted by atomic mass is 32.2. The molecule has 2 saturated carbocycles. The summed E-state index contributed by atoms with van der Waals surface area (Å²) in [6, 6.07) is 5.54. The lowest BCUT2D eigenvalue weighted by Crippen LogP contribution is -2.44. The molecule has 162 valence electrons. The van der Waals surface area contributed by atoms with Crippen molar-refractivity contribution in [1.82, 2.24) is 4.90 Å². The van der Waals surface area contributed by atoms with Gasteiger partial charge >= 0.3 is 0 Å². The Kier molecular flexibility index (Phi) is 4.80. The van der Waals surface area contributed by atoms with Crippen LogP contribution in [0.3, 0.4) is 0 Å². The van der Waals surface area contributed by atoms with Gasteiger partial charge < -0.3 is 15.1 Å². The number of hydrogen-bond acceptors (Lipinski definition) is 5. The normalized spacial score (nSPS) is 24.5.